The molecule has 4 heteroatoms. The van der Waals surface area contributed by atoms with E-state index in [2.05, 4.69) is 0 Å². The third-order valence-electron chi connectivity index (χ3n) is 1.87. The molecule has 79 valence electrons. The van der Waals surface area contributed by atoms with E-state index in [4.69, 9.17) is 16.3 Å². The van der Waals surface area contributed by atoms with E-state index in [1.165, 1.54) is 0 Å². The van der Waals surface area contributed by atoms with Gasteiger partial charge in [0, 0.05) is 12.0 Å². The minimum atomic E-state index is -0.454. The first-order valence-corrected chi connectivity index (χ1v) is 4.99. The molecule has 1 aromatic rings. The summed E-state index contributed by atoms with van der Waals surface area (Å²) >= 11 is 5.26. The maximum atomic E-state index is 10.7. The van der Waals surface area contributed by atoms with Crippen molar-refractivity contribution < 1.29 is 14.3 Å². The first-order chi connectivity index (χ1) is 7.27. The highest BCUT2D eigenvalue weighted by molar-refractivity contribution is 6.26. The van der Waals surface area contributed by atoms with Crippen LogP contribution < -0.4 is 0 Å². The van der Waals surface area contributed by atoms with Crippen molar-refractivity contribution in [1.82, 2.24) is 0 Å². The van der Waals surface area contributed by atoms with Gasteiger partial charge in [-0.3, -0.25) is 9.59 Å². The zero-order valence-corrected chi connectivity index (χ0v) is 8.79. The molecule has 0 atom stereocenters. The number of halogens is 1. The number of ether oxygens (including phenoxy) is 1. The normalized spacial score (nSPS) is 9.67. The minimum absolute atomic E-state index is 0.151. The third-order valence-corrected chi connectivity index (χ3v) is 2.09. The number of benzene rings is 1. The fraction of sp³-hybridized carbons (Fsp3) is 0.273. The highest BCUT2D eigenvalue weighted by atomic mass is 35.5. The van der Waals surface area contributed by atoms with Crippen LogP contribution >= 0.6 is 11.6 Å². The molecule has 0 N–H and O–H groups in total. The average molecular weight is 226 g/mol. The van der Waals surface area contributed by atoms with Gasteiger partial charge in [0.25, 0.3) is 0 Å². The summed E-state index contributed by atoms with van der Waals surface area (Å²) < 4.78 is 4.79. The maximum absolute atomic E-state index is 10.7. The average Bonchev–Trinajstić information content (AvgIpc) is 2.29. The molecule has 1 radical (unpaired) electrons. The molecular weight excluding hydrogens is 216 g/mol. The Hall–Kier alpha value is -1.35. The second-order valence-corrected chi connectivity index (χ2v) is 3.13. The van der Waals surface area contributed by atoms with Crippen LogP contribution in [0, 0.1) is 0 Å². The standard InChI is InChI=1S/C11H10ClO3/c12-7-11(14)15-6-5-9-3-1-2-4-10(9)8-13/h1-4H,5-7H2. The smallest absolute Gasteiger partial charge is 0.320 e. The topological polar surface area (TPSA) is 43.4 Å². The fourth-order valence-electron chi connectivity index (χ4n) is 1.15. The van der Waals surface area contributed by atoms with Crippen LogP contribution in [0.2, 0.25) is 0 Å². The number of carbonyl (C=O) groups excluding carboxylic acids is 2. The van der Waals surface area contributed by atoms with Crippen LogP contribution in [0.5, 0.6) is 0 Å². The molecule has 1 aromatic carbocycles. The summed E-state index contributed by atoms with van der Waals surface area (Å²) in [5.74, 6) is -0.606. The largest absolute Gasteiger partial charge is 0.464 e. The quantitative estimate of drug-likeness (QED) is 0.563. The van der Waals surface area contributed by atoms with Crippen LogP contribution in [0.4, 0.5) is 0 Å². The van der Waals surface area contributed by atoms with Crippen LogP contribution in [0.3, 0.4) is 0 Å². The number of hydrogen-bond acceptors (Lipinski definition) is 3. The van der Waals surface area contributed by atoms with Gasteiger partial charge >= 0.3 is 5.97 Å². The summed E-state index contributed by atoms with van der Waals surface area (Å²) in [6, 6.07) is 7.05. The summed E-state index contributed by atoms with van der Waals surface area (Å²) in [7, 11) is 0. The summed E-state index contributed by atoms with van der Waals surface area (Å²) in [4.78, 5) is 21.3. The number of hydrogen-bond donors (Lipinski definition) is 0. The van der Waals surface area contributed by atoms with Gasteiger partial charge in [0.05, 0.1) is 6.61 Å². The van der Waals surface area contributed by atoms with E-state index in [9.17, 15) is 9.59 Å². The lowest BCUT2D eigenvalue weighted by Gasteiger charge is -2.04. The molecule has 15 heavy (non-hydrogen) atoms. The highest BCUT2D eigenvalue weighted by Crippen LogP contribution is 2.06. The first kappa shape index (κ1) is 11.7. The molecule has 0 heterocycles. The second-order valence-electron chi connectivity index (χ2n) is 2.86. The van der Waals surface area contributed by atoms with Gasteiger partial charge in [-0.25, -0.2) is 0 Å². The van der Waals surface area contributed by atoms with E-state index in [-0.39, 0.29) is 12.5 Å². The zero-order chi connectivity index (χ0) is 11.1. The summed E-state index contributed by atoms with van der Waals surface area (Å²) in [5.41, 5.74) is 1.31. The summed E-state index contributed by atoms with van der Waals surface area (Å²) in [5, 5.41) is 0. The van der Waals surface area contributed by atoms with Crippen molar-refractivity contribution in [2.75, 3.05) is 12.5 Å². The van der Waals surface area contributed by atoms with E-state index in [0.29, 0.717) is 12.0 Å². The highest BCUT2D eigenvalue weighted by Gasteiger charge is 2.03. The number of carbonyl (C=O) groups is 1. The maximum Gasteiger partial charge on any atom is 0.320 e. The van der Waals surface area contributed by atoms with Crippen molar-refractivity contribution in [3.05, 3.63) is 35.4 Å². The van der Waals surface area contributed by atoms with E-state index in [0.717, 1.165) is 5.56 Å². The molecule has 3 nitrogen and oxygen atoms in total. The zero-order valence-electron chi connectivity index (χ0n) is 8.03. The van der Waals surface area contributed by atoms with Gasteiger partial charge in [0.1, 0.15) is 5.88 Å². The van der Waals surface area contributed by atoms with E-state index >= 15 is 0 Å². The molecule has 0 aromatic heterocycles. The Morgan fingerprint density at radius 3 is 2.80 bits per heavy atom. The van der Waals surface area contributed by atoms with E-state index in [1.807, 2.05) is 12.4 Å². The van der Waals surface area contributed by atoms with Crippen LogP contribution in [0.15, 0.2) is 24.3 Å². The van der Waals surface area contributed by atoms with Gasteiger partial charge in [-0.05, 0) is 5.56 Å². The summed E-state index contributed by atoms with van der Waals surface area (Å²) in [6.45, 7) is 0.226. The van der Waals surface area contributed by atoms with E-state index in [1.54, 1.807) is 18.2 Å². The molecule has 0 spiro atoms. The van der Waals surface area contributed by atoms with Gasteiger partial charge in [-0.1, -0.05) is 24.3 Å². The molecule has 0 aliphatic rings. The van der Waals surface area contributed by atoms with Crippen molar-refractivity contribution in [2.45, 2.75) is 6.42 Å². The lowest BCUT2D eigenvalue weighted by atomic mass is 10.1. The SMILES string of the molecule is O=[C]c1ccccc1CCOC(=O)CCl. The molecule has 1 rings (SSSR count). The van der Waals surface area contributed by atoms with Crippen molar-refractivity contribution in [2.24, 2.45) is 0 Å². The van der Waals surface area contributed by atoms with Crippen LogP contribution in [-0.4, -0.2) is 24.7 Å². The Bertz CT molecular complexity index is 349. The molecule has 0 aliphatic heterocycles. The Balaban J connectivity index is 2.50. The van der Waals surface area contributed by atoms with Crippen molar-refractivity contribution >= 4 is 23.9 Å². The minimum Gasteiger partial charge on any atom is -0.464 e. The predicted molar refractivity (Wildman–Crippen MR) is 56.6 cm³/mol. The second kappa shape index (κ2) is 6.19. The van der Waals surface area contributed by atoms with Crippen molar-refractivity contribution in [3.8, 4) is 0 Å². The van der Waals surface area contributed by atoms with Crippen molar-refractivity contribution in [1.29, 1.82) is 0 Å². The van der Waals surface area contributed by atoms with Crippen molar-refractivity contribution in [3.63, 3.8) is 0 Å². The molecule has 0 saturated heterocycles. The lowest BCUT2D eigenvalue weighted by molar-refractivity contribution is -0.140. The molecule has 0 amide bonds. The van der Waals surface area contributed by atoms with Gasteiger partial charge < -0.3 is 4.74 Å². The Morgan fingerprint density at radius 2 is 2.13 bits per heavy atom. The lowest BCUT2D eigenvalue weighted by Crippen LogP contribution is -2.09. The number of esters is 1. The van der Waals surface area contributed by atoms with Crippen LogP contribution in [0.25, 0.3) is 0 Å². The van der Waals surface area contributed by atoms with Gasteiger partial charge in [0.15, 0.2) is 0 Å². The molecule has 0 unspecified atom stereocenters. The van der Waals surface area contributed by atoms with Gasteiger partial charge in [-0.15, -0.1) is 11.6 Å². The molecule has 0 bridgehead atoms. The Morgan fingerprint density at radius 1 is 1.40 bits per heavy atom. The molecule has 0 fully saturated rings. The van der Waals surface area contributed by atoms with Gasteiger partial charge in [0.2, 0.25) is 6.29 Å². The predicted octanol–water partition coefficient (Wildman–Crippen LogP) is 1.47. The van der Waals surface area contributed by atoms with Crippen LogP contribution in [0.1, 0.15) is 11.1 Å². The molecule has 0 saturated carbocycles. The molecule has 0 aliphatic carbocycles. The fourth-order valence-corrected chi connectivity index (χ4v) is 1.23. The number of alkyl halides is 1. The first-order valence-electron chi connectivity index (χ1n) is 4.45. The molecular formula is C11H10ClO3. The summed E-state index contributed by atoms with van der Waals surface area (Å²) in [6.07, 6.45) is 2.33. The van der Waals surface area contributed by atoms with Gasteiger partial charge in [-0.2, -0.15) is 0 Å². The van der Waals surface area contributed by atoms with E-state index < -0.39 is 5.97 Å². The monoisotopic (exact) mass is 225 g/mol. The van der Waals surface area contributed by atoms with Crippen LogP contribution in [-0.2, 0) is 20.7 Å². The third kappa shape index (κ3) is 3.72. The number of rotatable bonds is 5. The Kier molecular flexibility index (Phi) is 4.84. The Labute approximate surface area is 93.0 Å².